The van der Waals surface area contributed by atoms with Crippen LogP contribution in [0.1, 0.15) is 27.0 Å². The van der Waals surface area contributed by atoms with Crippen LogP contribution in [0.2, 0.25) is 0 Å². The van der Waals surface area contributed by atoms with E-state index in [0.717, 1.165) is 22.4 Å². The maximum absolute atomic E-state index is 12.9. The van der Waals surface area contributed by atoms with Gasteiger partial charge in [0.05, 0.1) is 4.90 Å². The second-order valence-corrected chi connectivity index (χ2v) is 8.81. The Kier molecular flexibility index (Phi) is 5.17. The van der Waals surface area contributed by atoms with Gasteiger partial charge in [-0.15, -0.1) is 0 Å². The van der Waals surface area contributed by atoms with Crippen LogP contribution in [0, 0.1) is 6.92 Å². The van der Waals surface area contributed by atoms with Crippen molar-refractivity contribution in [1.82, 2.24) is 9.71 Å². The lowest BCUT2D eigenvalue weighted by atomic mass is 10.1. The molecule has 0 fully saturated rings. The molecule has 4 rings (SSSR count). The molecule has 0 saturated heterocycles. The Hall–Kier alpha value is -3.03. The van der Waals surface area contributed by atoms with Gasteiger partial charge in [-0.2, -0.15) is 0 Å². The van der Waals surface area contributed by atoms with Crippen LogP contribution in [-0.4, -0.2) is 25.9 Å². The van der Waals surface area contributed by atoms with Gasteiger partial charge in [0.25, 0.3) is 5.91 Å². The summed E-state index contributed by atoms with van der Waals surface area (Å²) in [6, 6.07) is 15.9. The van der Waals surface area contributed by atoms with Crippen molar-refractivity contribution in [1.29, 1.82) is 0 Å². The normalized spacial score (nSPS) is 13.3. The number of amides is 1. The van der Waals surface area contributed by atoms with Crippen molar-refractivity contribution in [2.24, 2.45) is 0 Å². The molecule has 29 heavy (non-hydrogen) atoms. The Morgan fingerprint density at radius 2 is 1.79 bits per heavy atom. The summed E-state index contributed by atoms with van der Waals surface area (Å²) in [6.45, 7) is 2.71. The molecule has 1 aromatic heterocycles. The monoisotopic (exact) mass is 407 g/mol. The van der Waals surface area contributed by atoms with Crippen molar-refractivity contribution >= 4 is 21.6 Å². The molecule has 6 nitrogen and oxygen atoms in total. The number of pyridine rings is 1. The van der Waals surface area contributed by atoms with E-state index in [1.54, 1.807) is 47.6 Å². The lowest BCUT2D eigenvalue weighted by Crippen LogP contribution is -2.28. The molecule has 0 unspecified atom stereocenters. The Morgan fingerprint density at radius 1 is 1.07 bits per heavy atom. The average Bonchev–Trinajstić information content (AvgIpc) is 3.16. The number of carbonyl (C=O) groups excluding carboxylic acids is 1. The maximum atomic E-state index is 12.9. The minimum atomic E-state index is -3.65. The van der Waals surface area contributed by atoms with Crippen LogP contribution in [0.5, 0.6) is 0 Å². The van der Waals surface area contributed by atoms with Gasteiger partial charge in [-0.25, -0.2) is 13.1 Å². The zero-order chi connectivity index (χ0) is 20.4. The van der Waals surface area contributed by atoms with Gasteiger partial charge in [0, 0.05) is 36.7 Å². The number of sulfonamides is 1. The zero-order valence-electron chi connectivity index (χ0n) is 16.0. The van der Waals surface area contributed by atoms with E-state index >= 15 is 0 Å². The number of benzene rings is 2. The lowest BCUT2D eigenvalue weighted by Gasteiger charge is -2.18. The summed E-state index contributed by atoms with van der Waals surface area (Å²) in [7, 11) is -3.65. The van der Waals surface area contributed by atoms with Crippen LogP contribution >= 0.6 is 0 Å². The van der Waals surface area contributed by atoms with Gasteiger partial charge in [0.1, 0.15) is 0 Å². The van der Waals surface area contributed by atoms with E-state index in [0.29, 0.717) is 18.5 Å². The Bertz CT molecular complexity index is 1140. The number of rotatable bonds is 5. The molecule has 2 heterocycles. The highest BCUT2D eigenvalue weighted by Gasteiger charge is 2.27. The lowest BCUT2D eigenvalue weighted by molar-refractivity contribution is 0.0989. The summed E-state index contributed by atoms with van der Waals surface area (Å²) in [5.74, 6) is -0.0739. The Morgan fingerprint density at radius 3 is 2.52 bits per heavy atom. The first kappa shape index (κ1) is 19.3. The third-order valence-electron chi connectivity index (χ3n) is 5.02. The first-order valence-corrected chi connectivity index (χ1v) is 10.8. The summed E-state index contributed by atoms with van der Waals surface area (Å²) in [5.41, 5.74) is 4.18. The highest BCUT2D eigenvalue weighted by molar-refractivity contribution is 7.89. The summed E-state index contributed by atoms with van der Waals surface area (Å²) < 4.78 is 27.9. The van der Waals surface area contributed by atoms with Crippen molar-refractivity contribution in [2.75, 3.05) is 11.4 Å². The molecule has 148 valence electrons. The first-order valence-electron chi connectivity index (χ1n) is 9.34. The average molecular weight is 407 g/mol. The quantitative estimate of drug-likeness (QED) is 0.705. The van der Waals surface area contributed by atoms with Crippen LogP contribution in [0.3, 0.4) is 0 Å². The summed E-state index contributed by atoms with van der Waals surface area (Å²) in [5, 5.41) is 0. The third kappa shape index (κ3) is 4.06. The molecule has 0 spiro atoms. The molecule has 1 amide bonds. The van der Waals surface area contributed by atoms with Crippen molar-refractivity contribution in [3.05, 3.63) is 89.2 Å². The number of aryl methyl sites for hydroxylation is 1. The van der Waals surface area contributed by atoms with Gasteiger partial charge in [-0.3, -0.25) is 9.78 Å². The van der Waals surface area contributed by atoms with Gasteiger partial charge < -0.3 is 4.90 Å². The fourth-order valence-corrected chi connectivity index (χ4v) is 4.44. The predicted molar refractivity (Wildman–Crippen MR) is 111 cm³/mol. The van der Waals surface area contributed by atoms with Crippen LogP contribution in [0.25, 0.3) is 0 Å². The molecular weight excluding hydrogens is 386 g/mol. The van der Waals surface area contributed by atoms with E-state index in [4.69, 9.17) is 0 Å². The Balaban J connectivity index is 1.53. The number of nitrogens with zero attached hydrogens (tertiary/aromatic N) is 2. The van der Waals surface area contributed by atoms with Crippen molar-refractivity contribution < 1.29 is 13.2 Å². The predicted octanol–water partition coefficient (Wildman–Crippen LogP) is 3.07. The summed E-state index contributed by atoms with van der Waals surface area (Å²) >= 11 is 0. The molecule has 0 atom stereocenters. The standard InChI is InChI=1S/C22H21N3O3S/c1-16-2-4-18(5-3-16)22(26)25-13-10-19-14-20(6-7-21(19)25)29(27,28)24-15-17-8-11-23-12-9-17/h2-9,11-12,14,24H,10,13,15H2,1H3. The van der Waals surface area contributed by atoms with E-state index in [-0.39, 0.29) is 17.3 Å². The molecule has 1 aliphatic heterocycles. The third-order valence-corrected chi connectivity index (χ3v) is 6.42. The van der Waals surface area contributed by atoms with Gasteiger partial charge in [-0.1, -0.05) is 17.7 Å². The van der Waals surface area contributed by atoms with E-state index in [9.17, 15) is 13.2 Å². The van der Waals surface area contributed by atoms with Crippen molar-refractivity contribution in [2.45, 2.75) is 24.8 Å². The molecule has 0 aliphatic carbocycles. The number of aromatic nitrogens is 1. The maximum Gasteiger partial charge on any atom is 0.258 e. The van der Waals surface area contributed by atoms with E-state index in [1.165, 1.54) is 0 Å². The first-order chi connectivity index (χ1) is 13.9. The second-order valence-electron chi connectivity index (χ2n) is 7.04. The van der Waals surface area contributed by atoms with Gasteiger partial charge in [-0.05, 0) is 66.9 Å². The molecule has 2 aromatic carbocycles. The molecule has 7 heteroatoms. The van der Waals surface area contributed by atoms with Crippen LogP contribution in [0.4, 0.5) is 5.69 Å². The van der Waals surface area contributed by atoms with Gasteiger partial charge in [0.2, 0.25) is 10.0 Å². The summed E-state index contributed by atoms with van der Waals surface area (Å²) in [6.07, 6.45) is 3.87. The van der Waals surface area contributed by atoms with Crippen LogP contribution in [0.15, 0.2) is 71.9 Å². The van der Waals surface area contributed by atoms with E-state index in [1.807, 2.05) is 31.2 Å². The smallest absolute Gasteiger partial charge is 0.258 e. The van der Waals surface area contributed by atoms with E-state index in [2.05, 4.69) is 9.71 Å². The second kappa shape index (κ2) is 7.77. The SMILES string of the molecule is Cc1ccc(C(=O)N2CCc3cc(S(=O)(=O)NCc4ccncc4)ccc32)cc1. The number of anilines is 1. The van der Waals surface area contributed by atoms with Crippen molar-refractivity contribution in [3.8, 4) is 0 Å². The van der Waals surface area contributed by atoms with Gasteiger partial charge in [0.15, 0.2) is 0 Å². The molecule has 0 saturated carbocycles. The number of fused-ring (bicyclic) bond motifs is 1. The fourth-order valence-electron chi connectivity index (χ4n) is 3.37. The number of carbonyl (C=O) groups is 1. The van der Waals surface area contributed by atoms with Crippen LogP contribution < -0.4 is 9.62 Å². The highest BCUT2D eigenvalue weighted by atomic mass is 32.2. The molecular formula is C22H21N3O3S. The largest absolute Gasteiger partial charge is 0.308 e. The zero-order valence-corrected chi connectivity index (χ0v) is 16.8. The van der Waals surface area contributed by atoms with Crippen molar-refractivity contribution in [3.63, 3.8) is 0 Å². The van der Waals surface area contributed by atoms with Gasteiger partial charge >= 0.3 is 0 Å². The number of hydrogen-bond acceptors (Lipinski definition) is 4. The number of nitrogens with one attached hydrogen (secondary N) is 1. The molecule has 0 bridgehead atoms. The van der Waals surface area contributed by atoms with E-state index < -0.39 is 10.0 Å². The fraction of sp³-hybridized carbons (Fsp3) is 0.182. The molecule has 3 aromatic rings. The molecule has 0 radical (unpaired) electrons. The summed E-state index contributed by atoms with van der Waals surface area (Å²) in [4.78, 5) is 18.7. The molecule has 1 aliphatic rings. The minimum Gasteiger partial charge on any atom is -0.308 e. The Labute approximate surface area is 170 Å². The highest BCUT2D eigenvalue weighted by Crippen LogP contribution is 2.31. The van der Waals surface area contributed by atoms with Crippen LogP contribution in [-0.2, 0) is 23.0 Å². The number of hydrogen-bond donors (Lipinski definition) is 1. The topological polar surface area (TPSA) is 79.4 Å². The molecule has 1 N–H and O–H groups in total. The minimum absolute atomic E-state index is 0.0739.